The van der Waals surface area contributed by atoms with Crippen LogP contribution in [0.1, 0.15) is 29.3 Å². The first kappa shape index (κ1) is 15.0. The molecule has 21 heavy (non-hydrogen) atoms. The Morgan fingerprint density at radius 3 is 2.52 bits per heavy atom. The number of nitrogens with one attached hydrogen (secondary N) is 1. The van der Waals surface area contributed by atoms with E-state index in [2.05, 4.69) is 29.3 Å². The summed E-state index contributed by atoms with van der Waals surface area (Å²) in [5.41, 5.74) is 10.3. The summed E-state index contributed by atoms with van der Waals surface area (Å²) in [5, 5.41) is 16.4. The third-order valence-electron chi connectivity index (χ3n) is 3.59. The second-order valence-corrected chi connectivity index (χ2v) is 5.11. The lowest BCUT2D eigenvalue weighted by Gasteiger charge is -2.25. The molecule has 2 rings (SSSR count). The summed E-state index contributed by atoms with van der Waals surface area (Å²) < 4.78 is 0. The first-order chi connectivity index (χ1) is 9.95. The lowest BCUT2D eigenvalue weighted by molar-refractivity contribution is 0.896. The fourth-order valence-corrected chi connectivity index (χ4v) is 2.36. The Hall–Kier alpha value is -2.43. The molecule has 110 valence electrons. The summed E-state index contributed by atoms with van der Waals surface area (Å²) in [7, 11) is 0. The molecule has 2 aromatic rings. The number of nitrogens with zero attached hydrogens (tertiary/aromatic N) is 3. The van der Waals surface area contributed by atoms with Gasteiger partial charge in [-0.25, -0.2) is 0 Å². The fraction of sp³-hybridized carbons (Fsp3) is 0.312. The molecule has 0 atom stereocenters. The van der Waals surface area contributed by atoms with Gasteiger partial charge in [0.25, 0.3) is 0 Å². The van der Waals surface area contributed by atoms with Crippen LogP contribution >= 0.6 is 0 Å². The highest BCUT2D eigenvalue weighted by atomic mass is 15.3. The zero-order valence-corrected chi connectivity index (χ0v) is 12.9. The highest BCUT2D eigenvalue weighted by molar-refractivity contribution is 6.01. The Balaban J connectivity index is 2.63. The van der Waals surface area contributed by atoms with Gasteiger partial charge in [0.2, 0.25) is 0 Å². The molecule has 0 bridgehead atoms. The fourth-order valence-electron chi connectivity index (χ4n) is 2.36. The van der Waals surface area contributed by atoms with Crippen LogP contribution in [0.3, 0.4) is 0 Å². The van der Waals surface area contributed by atoms with Crippen LogP contribution in [0.5, 0.6) is 0 Å². The van der Waals surface area contributed by atoms with Crippen LogP contribution in [0.4, 0.5) is 11.5 Å². The molecule has 3 N–H and O–H groups in total. The zero-order chi connectivity index (χ0) is 15.6. The van der Waals surface area contributed by atoms with E-state index in [4.69, 9.17) is 11.1 Å². The van der Waals surface area contributed by atoms with Crippen molar-refractivity contribution in [1.29, 1.82) is 5.41 Å². The van der Waals surface area contributed by atoms with Crippen molar-refractivity contribution < 1.29 is 0 Å². The Labute approximate surface area is 125 Å². The van der Waals surface area contributed by atoms with Crippen molar-refractivity contribution in [2.24, 2.45) is 5.73 Å². The van der Waals surface area contributed by atoms with Gasteiger partial charge in [-0.05, 0) is 51.0 Å². The van der Waals surface area contributed by atoms with E-state index in [9.17, 15) is 0 Å². The van der Waals surface area contributed by atoms with Gasteiger partial charge in [-0.3, -0.25) is 5.41 Å². The molecule has 5 nitrogen and oxygen atoms in total. The average molecular weight is 283 g/mol. The predicted molar refractivity (Wildman–Crippen MR) is 86.4 cm³/mol. The van der Waals surface area contributed by atoms with E-state index in [0.29, 0.717) is 11.4 Å². The molecule has 0 aliphatic carbocycles. The molecule has 1 aromatic heterocycles. The molecule has 0 saturated heterocycles. The molecular formula is C16H21N5. The van der Waals surface area contributed by atoms with Crippen LogP contribution < -0.4 is 10.6 Å². The van der Waals surface area contributed by atoms with Gasteiger partial charge >= 0.3 is 0 Å². The molecule has 0 amide bonds. The van der Waals surface area contributed by atoms with Crippen LogP contribution in [0, 0.1) is 26.2 Å². The standard InChI is InChI=1S/C16H21N5/c1-5-21(13-8-6-7-10(2)9-13)16-14(15(17)18)11(3)12(4)19-20-16/h6-9H,5H2,1-4H3,(H3,17,18). The van der Waals surface area contributed by atoms with Crippen molar-refractivity contribution in [3.05, 3.63) is 46.6 Å². The number of aryl methyl sites for hydroxylation is 2. The molecule has 0 unspecified atom stereocenters. The van der Waals surface area contributed by atoms with Crippen molar-refractivity contribution in [3.63, 3.8) is 0 Å². The van der Waals surface area contributed by atoms with Crippen molar-refractivity contribution in [2.45, 2.75) is 27.7 Å². The molecule has 0 fully saturated rings. The van der Waals surface area contributed by atoms with Gasteiger partial charge in [0.05, 0.1) is 11.3 Å². The molecular weight excluding hydrogens is 262 g/mol. The first-order valence-electron chi connectivity index (χ1n) is 6.98. The minimum atomic E-state index is 0.0200. The number of benzene rings is 1. The Kier molecular flexibility index (Phi) is 4.21. The first-order valence-corrected chi connectivity index (χ1v) is 6.98. The van der Waals surface area contributed by atoms with Crippen LogP contribution in [0.15, 0.2) is 24.3 Å². The van der Waals surface area contributed by atoms with E-state index in [1.807, 2.05) is 37.8 Å². The van der Waals surface area contributed by atoms with E-state index >= 15 is 0 Å². The molecule has 1 heterocycles. The summed E-state index contributed by atoms with van der Waals surface area (Å²) in [6.07, 6.45) is 0. The largest absolute Gasteiger partial charge is 0.384 e. The monoisotopic (exact) mass is 283 g/mol. The number of hydrogen-bond donors (Lipinski definition) is 2. The van der Waals surface area contributed by atoms with E-state index < -0.39 is 0 Å². The number of rotatable bonds is 4. The van der Waals surface area contributed by atoms with Gasteiger partial charge in [-0.2, -0.15) is 5.10 Å². The lowest BCUT2D eigenvalue weighted by atomic mass is 10.1. The van der Waals surface area contributed by atoms with Crippen molar-refractivity contribution in [2.75, 3.05) is 11.4 Å². The summed E-state index contributed by atoms with van der Waals surface area (Å²) in [6, 6.07) is 8.17. The van der Waals surface area contributed by atoms with E-state index in [-0.39, 0.29) is 5.84 Å². The number of anilines is 2. The van der Waals surface area contributed by atoms with E-state index in [1.54, 1.807) is 0 Å². The quantitative estimate of drug-likeness (QED) is 0.668. The third kappa shape index (κ3) is 2.86. The average Bonchev–Trinajstić information content (AvgIpc) is 2.43. The molecule has 5 heteroatoms. The topological polar surface area (TPSA) is 78.9 Å². The van der Waals surface area contributed by atoms with Crippen LogP contribution in [0.2, 0.25) is 0 Å². The number of hydrogen-bond acceptors (Lipinski definition) is 4. The predicted octanol–water partition coefficient (Wildman–Crippen LogP) is 2.84. The third-order valence-corrected chi connectivity index (χ3v) is 3.59. The van der Waals surface area contributed by atoms with Crippen molar-refractivity contribution in [3.8, 4) is 0 Å². The van der Waals surface area contributed by atoms with Gasteiger partial charge in [-0.15, -0.1) is 5.10 Å². The minimum absolute atomic E-state index is 0.0200. The number of nitrogen functional groups attached to an aromatic ring is 1. The summed E-state index contributed by atoms with van der Waals surface area (Å²) in [5.74, 6) is 0.658. The summed E-state index contributed by atoms with van der Waals surface area (Å²) in [4.78, 5) is 2.03. The van der Waals surface area contributed by atoms with E-state index in [0.717, 1.165) is 23.5 Å². The molecule has 0 radical (unpaired) electrons. The maximum absolute atomic E-state index is 7.87. The van der Waals surface area contributed by atoms with Crippen molar-refractivity contribution >= 4 is 17.3 Å². The molecule has 0 spiro atoms. The SMILES string of the molecule is CCN(c1cccc(C)c1)c1nnc(C)c(C)c1C(=N)N. The van der Waals surface area contributed by atoms with Crippen LogP contribution in [-0.2, 0) is 0 Å². The molecule has 1 aromatic carbocycles. The summed E-state index contributed by atoms with van der Waals surface area (Å²) >= 11 is 0. The lowest BCUT2D eigenvalue weighted by Crippen LogP contribution is -2.25. The van der Waals surface area contributed by atoms with Gasteiger partial charge < -0.3 is 10.6 Å². The van der Waals surface area contributed by atoms with Crippen LogP contribution in [-0.4, -0.2) is 22.6 Å². The second kappa shape index (κ2) is 5.91. The highest BCUT2D eigenvalue weighted by Gasteiger charge is 2.19. The summed E-state index contributed by atoms with van der Waals surface area (Å²) in [6.45, 7) is 8.62. The van der Waals surface area contributed by atoms with Gasteiger partial charge in [0, 0.05) is 12.2 Å². The second-order valence-electron chi connectivity index (χ2n) is 5.11. The van der Waals surface area contributed by atoms with Gasteiger partial charge in [0.1, 0.15) is 5.84 Å². The van der Waals surface area contributed by atoms with Gasteiger partial charge in [-0.1, -0.05) is 12.1 Å². The Morgan fingerprint density at radius 1 is 1.24 bits per heavy atom. The molecule has 0 saturated carbocycles. The molecule has 0 aliphatic heterocycles. The maximum atomic E-state index is 7.87. The smallest absolute Gasteiger partial charge is 0.166 e. The van der Waals surface area contributed by atoms with Crippen molar-refractivity contribution in [1.82, 2.24) is 10.2 Å². The zero-order valence-electron chi connectivity index (χ0n) is 12.9. The van der Waals surface area contributed by atoms with Gasteiger partial charge in [0.15, 0.2) is 5.82 Å². The Bertz CT molecular complexity index is 678. The van der Waals surface area contributed by atoms with Crippen LogP contribution in [0.25, 0.3) is 0 Å². The number of amidine groups is 1. The van der Waals surface area contributed by atoms with E-state index in [1.165, 1.54) is 5.56 Å². The number of aromatic nitrogens is 2. The Morgan fingerprint density at radius 2 is 1.95 bits per heavy atom. The normalized spacial score (nSPS) is 10.5. The molecule has 0 aliphatic rings. The highest BCUT2D eigenvalue weighted by Crippen LogP contribution is 2.28. The maximum Gasteiger partial charge on any atom is 0.166 e. The minimum Gasteiger partial charge on any atom is -0.384 e. The number of nitrogens with two attached hydrogens (primary N) is 1.